The zero-order valence-electron chi connectivity index (χ0n) is 16.2. The maximum atomic E-state index is 12.9. The second-order valence-electron chi connectivity index (χ2n) is 6.95. The van der Waals surface area contributed by atoms with Crippen molar-refractivity contribution >= 4 is 11.5 Å². The molecule has 1 atom stereocenters. The van der Waals surface area contributed by atoms with Gasteiger partial charge >= 0.3 is 0 Å². The largest absolute Gasteiger partial charge is 0.504 e. The Labute approximate surface area is 163 Å². The molecular formula is C22H23NO5. The lowest BCUT2D eigenvalue weighted by molar-refractivity contribution is -0.116. The van der Waals surface area contributed by atoms with Crippen molar-refractivity contribution in [1.82, 2.24) is 0 Å². The van der Waals surface area contributed by atoms with Gasteiger partial charge in [-0.2, -0.15) is 0 Å². The molecule has 2 aliphatic rings. The van der Waals surface area contributed by atoms with Crippen LogP contribution < -0.4 is 19.5 Å². The summed E-state index contributed by atoms with van der Waals surface area (Å²) < 4.78 is 16.2. The minimum atomic E-state index is -0.336. The van der Waals surface area contributed by atoms with Gasteiger partial charge in [0.15, 0.2) is 17.3 Å². The van der Waals surface area contributed by atoms with Crippen molar-refractivity contribution in [1.29, 1.82) is 0 Å². The highest BCUT2D eigenvalue weighted by Gasteiger charge is 2.37. The van der Waals surface area contributed by atoms with Gasteiger partial charge in [0, 0.05) is 47.0 Å². The van der Waals surface area contributed by atoms with E-state index >= 15 is 0 Å². The van der Waals surface area contributed by atoms with Gasteiger partial charge in [-0.3, -0.25) is 4.79 Å². The third kappa shape index (κ3) is 2.85. The average molecular weight is 381 g/mol. The summed E-state index contributed by atoms with van der Waals surface area (Å²) in [6.07, 6.45) is 2.15. The molecule has 1 aliphatic carbocycles. The van der Waals surface area contributed by atoms with Crippen LogP contribution in [0.3, 0.4) is 0 Å². The molecule has 0 saturated carbocycles. The third-order valence-electron chi connectivity index (χ3n) is 5.43. The quantitative estimate of drug-likeness (QED) is 0.834. The average Bonchev–Trinajstić information content (AvgIpc) is 2.71. The van der Waals surface area contributed by atoms with Crippen LogP contribution in [0, 0.1) is 0 Å². The minimum absolute atomic E-state index is 0.0398. The van der Waals surface area contributed by atoms with E-state index in [1.54, 1.807) is 26.4 Å². The SMILES string of the molecule is COc1cc2c(c(OC)c1)[C@@H](c1ccc(OC)c(O)c1)C1=C(CCCC1=O)N2. The summed E-state index contributed by atoms with van der Waals surface area (Å²) in [5.74, 6) is 1.52. The molecule has 2 aromatic rings. The summed E-state index contributed by atoms with van der Waals surface area (Å²) in [7, 11) is 4.72. The Bertz CT molecular complexity index is 979. The molecule has 2 aromatic carbocycles. The number of phenolic OH excluding ortho intramolecular Hbond substituents is 1. The number of Topliss-reactive ketones (excluding diaryl/α,β-unsaturated/α-hetero) is 1. The smallest absolute Gasteiger partial charge is 0.161 e. The second-order valence-corrected chi connectivity index (χ2v) is 6.95. The van der Waals surface area contributed by atoms with Crippen LogP contribution in [0.1, 0.15) is 36.3 Å². The molecule has 6 heteroatoms. The Morgan fingerprint density at radius 3 is 2.46 bits per heavy atom. The molecule has 1 aliphatic heterocycles. The number of rotatable bonds is 4. The van der Waals surface area contributed by atoms with Gasteiger partial charge in [-0.15, -0.1) is 0 Å². The van der Waals surface area contributed by atoms with E-state index in [2.05, 4.69) is 5.32 Å². The first-order valence-electron chi connectivity index (χ1n) is 9.23. The molecule has 1 heterocycles. The Morgan fingerprint density at radius 1 is 1.00 bits per heavy atom. The zero-order valence-corrected chi connectivity index (χ0v) is 16.2. The molecule has 2 N–H and O–H groups in total. The van der Waals surface area contributed by atoms with Crippen molar-refractivity contribution in [3.05, 3.63) is 52.7 Å². The number of hydrogen-bond acceptors (Lipinski definition) is 6. The van der Waals surface area contributed by atoms with Crippen LogP contribution in [-0.4, -0.2) is 32.2 Å². The number of carbonyl (C=O) groups excluding carboxylic acids is 1. The van der Waals surface area contributed by atoms with Crippen LogP contribution >= 0.6 is 0 Å². The van der Waals surface area contributed by atoms with Crippen molar-refractivity contribution < 1.29 is 24.1 Å². The van der Waals surface area contributed by atoms with Crippen molar-refractivity contribution in [3.63, 3.8) is 0 Å². The number of carbonyl (C=O) groups is 1. The fourth-order valence-electron chi connectivity index (χ4n) is 4.14. The standard InChI is InChI=1S/C22H23NO5/c1-26-13-10-15-22(19(11-13)28-3)20(12-7-8-18(27-2)17(25)9-12)21-14(23-15)5-4-6-16(21)24/h7-11,20,23,25H,4-6H2,1-3H3/t20-/m0/s1. The number of fused-ring (bicyclic) bond motifs is 1. The van der Waals surface area contributed by atoms with Crippen LogP contribution in [0.25, 0.3) is 0 Å². The molecule has 28 heavy (non-hydrogen) atoms. The van der Waals surface area contributed by atoms with Crippen LogP contribution in [0.2, 0.25) is 0 Å². The number of methoxy groups -OCH3 is 3. The van der Waals surface area contributed by atoms with Gasteiger partial charge in [0.1, 0.15) is 11.5 Å². The predicted octanol–water partition coefficient (Wildman–Crippen LogP) is 3.98. The summed E-state index contributed by atoms with van der Waals surface area (Å²) in [6, 6.07) is 8.99. The van der Waals surface area contributed by atoms with E-state index in [-0.39, 0.29) is 17.5 Å². The van der Waals surface area contributed by atoms with E-state index in [0.29, 0.717) is 23.7 Å². The molecular weight excluding hydrogens is 358 g/mol. The normalized spacial score (nSPS) is 18.1. The molecule has 0 bridgehead atoms. The Kier molecular flexibility index (Phi) is 4.63. The highest BCUT2D eigenvalue weighted by molar-refractivity contribution is 6.01. The number of allylic oxidation sites excluding steroid dienone is 2. The highest BCUT2D eigenvalue weighted by atomic mass is 16.5. The summed E-state index contributed by atoms with van der Waals surface area (Å²) >= 11 is 0. The number of phenols is 1. The molecule has 6 nitrogen and oxygen atoms in total. The van der Waals surface area contributed by atoms with E-state index in [1.165, 1.54) is 7.11 Å². The van der Waals surface area contributed by atoms with Crippen LogP contribution in [-0.2, 0) is 4.79 Å². The van der Waals surface area contributed by atoms with Crippen molar-refractivity contribution in [3.8, 4) is 23.0 Å². The molecule has 0 radical (unpaired) electrons. The Balaban J connectivity index is 1.97. The minimum Gasteiger partial charge on any atom is -0.504 e. The fourth-order valence-corrected chi connectivity index (χ4v) is 4.14. The number of ether oxygens (including phenoxy) is 3. The van der Waals surface area contributed by atoms with Gasteiger partial charge < -0.3 is 24.6 Å². The monoisotopic (exact) mass is 381 g/mol. The second kappa shape index (κ2) is 7.11. The molecule has 0 amide bonds. The summed E-state index contributed by atoms with van der Waals surface area (Å²) in [4.78, 5) is 12.9. The first-order chi connectivity index (χ1) is 13.6. The Morgan fingerprint density at radius 2 is 1.79 bits per heavy atom. The molecule has 0 unspecified atom stereocenters. The molecule has 0 fully saturated rings. The summed E-state index contributed by atoms with van der Waals surface area (Å²) in [6.45, 7) is 0. The van der Waals surface area contributed by atoms with Gasteiger partial charge in [0.2, 0.25) is 0 Å². The lowest BCUT2D eigenvalue weighted by atomic mass is 9.75. The number of anilines is 1. The number of hydrogen-bond donors (Lipinski definition) is 2. The first kappa shape index (κ1) is 18.2. The van der Waals surface area contributed by atoms with Crippen molar-refractivity contribution in [2.75, 3.05) is 26.6 Å². The first-order valence-corrected chi connectivity index (χ1v) is 9.23. The predicted molar refractivity (Wildman–Crippen MR) is 106 cm³/mol. The number of benzene rings is 2. The van der Waals surface area contributed by atoms with E-state index < -0.39 is 0 Å². The maximum Gasteiger partial charge on any atom is 0.161 e. The lowest BCUT2D eigenvalue weighted by Gasteiger charge is -2.35. The van der Waals surface area contributed by atoms with E-state index in [0.717, 1.165) is 40.9 Å². The van der Waals surface area contributed by atoms with E-state index in [4.69, 9.17) is 14.2 Å². The van der Waals surface area contributed by atoms with Gasteiger partial charge in [0.25, 0.3) is 0 Å². The molecule has 0 saturated heterocycles. The third-order valence-corrected chi connectivity index (χ3v) is 5.43. The maximum absolute atomic E-state index is 12.9. The van der Waals surface area contributed by atoms with Gasteiger partial charge in [-0.05, 0) is 30.5 Å². The van der Waals surface area contributed by atoms with Gasteiger partial charge in [-0.1, -0.05) is 6.07 Å². The van der Waals surface area contributed by atoms with Crippen LogP contribution in [0.4, 0.5) is 5.69 Å². The van der Waals surface area contributed by atoms with Crippen molar-refractivity contribution in [2.45, 2.75) is 25.2 Å². The summed E-state index contributed by atoms with van der Waals surface area (Å²) in [5.41, 5.74) is 4.20. The van der Waals surface area contributed by atoms with Crippen LogP contribution in [0.15, 0.2) is 41.6 Å². The van der Waals surface area contributed by atoms with Gasteiger partial charge in [0.05, 0.1) is 21.3 Å². The molecule has 0 aromatic heterocycles. The molecule has 0 spiro atoms. The number of aromatic hydroxyl groups is 1. The Hall–Kier alpha value is -3.15. The van der Waals surface area contributed by atoms with Crippen molar-refractivity contribution in [2.24, 2.45) is 0 Å². The highest BCUT2D eigenvalue weighted by Crippen LogP contribution is 2.51. The molecule has 146 valence electrons. The number of ketones is 1. The topological polar surface area (TPSA) is 77.0 Å². The van der Waals surface area contributed by atoms with Gasteiger partial charge in [-0.25, -0.2) is 0 Å². The fraction of sp³-hybridized carbons (Fsp3) is 0.318. The van der Waals surface area contributed by atoms with E-state index in [9.17, 15) is 9.90 Å². The molecule has 4 rings (SSSR count). The lowest BCUT2D eigenvalue weighted by Crippen LogP contribution is -2.27. The van der Waals surface area contributed by atoms with Crippen LogP contribution in [0.5, 0.6) is 23.0 Å². The summed E-state index contributed by atoms with van der Waals surface area (Å²) in [5, 5.41) is 13.8. The number of nitrogens with one attached hydrogen (secondary N) is 1. The zero-order chi connectivity index (χ0) is 19.8. The van der Waals surface area contributed by atoms with E-state index in [1.807, 2.05) is 18.2 Å².